The largest absolute Gasteiger partial charge is 0.508 e. The van der Waals surface area contributed by atoms with Crippen LogP contribution < -0.4 is 5.56 Å². The molecule has 4 nitrogen and oxygen atoms in total. The number of aromatic amines is 1. The number of phenols is 1. The normalized spacial score (nSPS) is 10.4. The molecule has 20 heavy (non-hydrogen) atoms. The van der Waals surface area contributed by atoms with Crippen LogP contribution in [0.3, 0.4) is 0 Å². The van der Waals surface area contributed by atoms with Crippen molar-refractivity contribution in [1.82, 2.24) is 4.98 Å². The number of aromatic hydroxyl groups is 1. The molecule has 0 bridgehead atoms. The molecule has 3 rings (SSSR count). The molecule has 0 spiro atoms. The van der Waals surface area contributed by atoms with Crippen LogP contribution in [0.15, 0.2) is 41.2 Å². The molecule has 0 atom stereocenters. The molecule has 2 aromatic carbocycles. The van der Waals surface area contributed by atoms with E-state index in [2.05, 4.69) is 16.8 Å². The van der Waals surface area contributed by atoms with Gasteiger partial charge in [0.1, 0.15) is 12.4 Å². The molecule has 0 fully saturated rings. The summed E-state index contributed by atoms with van der Waals surface area (Å²) in [4.78, 5) is 14.8. The third kappa shape index (κ3) is 2.00. The molecule has 0 aliphatic carbocycles. The van der Waals surface area contributed by atoms with Gasteiger partial charge in [0.05, 0.1) is 5.52 Å². The molecule has 0 radical (unpaired) electrons. The zero-order valence-corrected chi connectivity index (χ0v) is 10.5. The van der Waals surface area contributed by atoms with Crippen LogP contribution in [0.5, 0.6) is 5.75 Å². The molecule has 0 aliphatic rings. The predicted molar refractivity (Wildman–Crippen MR) is 77.7 cm³/mol. The van der Waals surface area contributed by atoms with E-state index in [0.29, 0.717) is 10.9 Å². The van der Waals surface area contributed by atoms with E-state index in [1.165, 1.54) is 6.07 Å². The van der Waals surface area contributed by atoms with Gasteiger partial charge in [-0.2, -0.15) is 0 Å². The average molecular weight is 265 g/mol. The van der Waals surface area contributed by atoms with Gasteiger partial charge in [-0.05, 0) is 35.7 Å². The fourth-order valence-corrected chi connectivity index (χ4v) is 2.24. The van der Waals surface area contributed by atoms with E-state index in [0.717, 1.165) is 16.3 Å². The third-order valence-electron chi connectivity index (χ3n) is 3.12. The number of fused-ring (bicyclic) bond motifs is 3. The fourth-order valence-electron chi connectivity index (χ4n) is 2.24. The molecule has 0 amide bonds. The number of phenolic OH excluding ortho intramolecular Hbond substituents is 1. The van der Waals surface area contributed by atoms with Crippen LogP contribution in [0.4, 0.5) is 0 Å². The molecule has 3 N–H and O–H groups in total. The number of hydrogen-bond donors (Lipinski definition) is 3. The van der Waals surface area contributed by atoms with Crippen LogP contribution in [-0.4, -0.2) is 21.8 Å². The van der Waals surface area contributed by atoms with Gasteiger partial charge >= 0.3 is 0 Å². The highest BCUT2D eigenvalue weighted by Gasteiger charge is 2.06. The van der Waals surface area contributed by atoms with Crippen molar-refractivity contribution >= 4 is 21.7 Å². The summed E-state index contributed by atoms with van der Waals surface area (Å²) < 4.78 is 0. The van der Waals surface area contributed by atoms with Crippen molar-refractivity contribution in [1.29, 1.82) is 0 Å². The van der Waals surface area contributed by atoms with Crippen molar-refractivity contribution in [3.05, 3.63) is 52.3 Å². The van der Waals surface area contributed by atoms with Crippen molar-refractivity contribution in [2.24, 2.45) is 0 Å². The zero-order valence-electron chi connectivity index (χ0n) is 10.5. The Kier molecular flexibility index (Phi) is 2.90. The minimum atomic E-state index is -0.209. The van der Waals surface area contributed by atoms with Crippen LogP contribution in [0, 0.1) is 11.8 Å². The topological polar surface area (TPSA) is 73.3 Å². The van der Waals surface area contributed by atoms with Crippen molar-refractivity contribution in [3.8, 4) is 17.6 Å². The highest BCUT2D eigenvalue weighted by Crippen LogP contribution is 2.24. The SMILES string of the molecule is O=c1[nH]c2cc(O)ccc2c2cc(C#CCO)ccc12. The van der Waals surface area contributed by atoms with E-state index in [1.54, 1.807) is 24.3 Å². The number of aromatic nitrogens is 1. The Bertz CT molecular complexity index is 929. The number of hydrogen-bond acceptors (Lipinski definition) is 3. The summed E-state index contributed by atoms with van der Waals surface area (Å²) in [5, 5.41) is 20.4. The van der Waals surface area contributed by atoms with Crippen LogP contribution in [0.1, 0.15) is 5.56 Å². The van der Waals surface area contributed by atoms with E-state index in [1.807, 2.05) is 6.07 Å². The Morgan fingerprint density at radius 1 is 1.05 bits per heavy atom. The molecule has 0 aliphatic heterocycles. The van der Waals surface area contributed by atoms with E-state index in [4.69, 9.17) is 5.11 Å². The number of rotatable bonds is 0. The van der Waals surface area contributed by atoms with Crippen LogP contribution >= 0.6 is 0 Å². The lowest BCUT2D eigenvalue weighted by Gasteiger charge is -2.04. The molecule has 1 aromatic heterocycles. The molecule has 98 valence electrons. The van der Waals surface area contributed by atoms with Crippen LogP contribution in [0.25, 0.3) is 21.7 Å². The Hall–Kier alpha value is -2.77. The molecule has 3 aromatic rings. The Morgan fingerprint density at radius 3 is 2.65 bits per heavy atom. The quantitative estimate of drug-likeness (QED) is 0.428. The van der Waals surface area contributed by atoms with Gasteiger partial charge in [-0.3, -0.25) is 4.79 Å². The average Bonchev–Trinajstić information content (AvgIpc) is 2.44. The van der Waals surface area contributed by atoms with Crippen molar-refractivity contribution in [3.63, 3.8) is 0 Å². The van der Waals surface area contributed by atoms with Gasteiger partial charge in [0.2, 0.25) is 0 Å². The van der Waals surface area contributed by atoms with E-state index in [-0.39, 0.29) is 17.9 Å². The molecular weight excluding hydrogens is 254 g/mol. The first-order chi connectivity index (χ1) is 9.69. The lowest BCUT2D eigenvalue weighted by Crippen LogP contribution is -2.06. The van der Waals surface area contributed by atoms with Gasteiger partial charge in [-0.25, -0.2) is 0 Å². The lowest BCUT2D eigenvalue weighted by molar-refractivity contribution is 0.350. The zero-order chi connectivity index (χ0) is 14.1. The maximum Gasteiger partial charge on any atom is 0.256 e. The van der Waals surface area contributed by atoms with Gasteiger partial charge in [-0.1, -0.05) is 11.8 Å². The Balaban J connectivity index is 2.41. The minimum Gasteiger partial charge on any atom is -0.508 e. The highest BCUT2D eigenvalue weighted by molar-refractivity contribution is 6.06. The molecule has 0 saturated carbocycles. The summed E-state index contributed by atoms with van der Waals surface area (Å²) in [6.45, 7) is -0.206. The second kappa shape index (κ2) is 4.72. The van der Waals surface area contributed by atoms with E-state index in [9.17, 15) is 9.90 Å². The summed E-state index contributed by atoms with van der Waals surface area (Å²) >= 11 is 0. The monoisotopic (exact) mass is 265 g/mol. The molecule has 0 unspecified atom stereocenters. The van der Waals surface area contributed by atoms with Crippen LogP contribution in [-0.2, 0) is 0 Å². The lowest BCUT2D eigenvalue weighted by atomic mass is 10.0. The second-order valence-corrected chi connectivity index (χ2v) is 4.40. The van der Waals surface area contributed by atoms with Gasteiger partial charge in [0.15, 0.2) is 0 Å². The molecule has 0 saturated heterocycles. The number of nitrogens with one attached hydrogen (secondary N) is 1. The first kappa shape index (κ1) is 12.3. The molecular formula is C16H11NO3. The minimum absolute atomic E-state index is 0.101. The van der Waals surface area contributed by atoms with Crippen LogP contribution in [0.2, 0.25) is 0 Å². The number of H-pyrrole nitrogens is 1. The number of pyridine rings is 1. The fraction of sp³-hybridized carbons (Fsp3) is 0.0625. The number of aliphatic hydroxyl groups is 1. The van der Waals surface area contributed by atoms with E-state index >= 15 is 0 Å². The van der Waals surface area contributed by atoms with Gasteiger partial charge < -0.3 is 15.2 Å². The number of benzene rings is 2. The number of aliphatic hydroxyl groups excluding tert-OH is 1. The van der Waals surface area contributed by atoms with E-state index < -0.39 is 0 Å². The summed E-state index contributed by atoms with van der Waals surface area (Å²) in [5.74, 6) is 5.50. The van der Waals surface area contributed by atoms with Crippen molar-refractivity contribution in [2.75, 3.05) is 6.61 Å². The smallest absolute Gasteiger partial charge is 0.256 e. The highest BCUT2D eigenvalue weighted by atomic mass is 16.3. The van der Waals surface area contributed by atoms with Gasteiger partial charge in [-0.15, -0.1) is 0 Å². The standard InChI is InChI=1S/C16H11NO3/c18-7-1-2-10-3-5-13-14(8-10)12-6-4-11(19)9-15(12)17-16(13)20/h3-6,8-9,18-19H,7H2,(H,17,20). The summed E-state index contributed by atoms with van der Waals surface area (Å²) in [6.07, 6.45) is 0. The predicted octanol–water partition coefficient (Wildman–Crippen LogP) is 1.73. The Labute approximate surface area is 114 Å². The van der Waals surface area contributed by atoms with Gasteiger partial charge in [0.25, 0.3) is 5.56 Å². The first-order valence-electron chi connectivity index (χ1n) is 6.07. The summed E-state index contributed by atoms with van der Waals surface area (Å²) in [6, 6.07) is 10.1. The third-order valence-corrected chi connectivity index (χ3v) is 3.12. The summed E-state index contributed by atoms with van der Waals surface area (Å²) in [7, 11) is 0. The second-order valence-electron chi connectivity index (χ2n) is 4.40. The summed E-state index contributed by atoms with van der Waals surface area (Å²) in [5.41, 5.74) is 1.10. The Morgan fingerprint density at radius 2 is 1.85 bits per heavy atom. The molecule has 4 heteroatoms. The molecule has 1 heterocycles. The maximum absolute atomic E-state index is 12.0. The van der Waals surface area contributed by atoms with Gasteiger partial charge in [0, 0.05) is 22.4 Å². The van der Waals surface area contributed by atoms with Crippen molar-refractivity contribution < 1.29 is 10.2 Å². The first-order valence-corrected chi connectivity index (χ1v) is 6.07. The van der Waals surface area contributed by atoms with Crippen molar-refractivity contribution in [2.45, 2.75) is 0 Å². The maximum atomic E-state index is 12.0.